The van der Waals surface area contributed by atoms with Crippen LogP contribution in [0.1, 0.15) is 45.4 Å². The molecule has 1 saturated heterocycles. The summed E-state index contributed by atoms with van der Waals surface area (Å²) in [4.78, 5) is 7.51. The molecule has 6 heteroatoms. The van der Waals surface area contributed by atoms with E-state index in [1.807, 2.05) is 0 Å². The predicted octanol–water partition coefficient (Wildman–Crippen LogP) is 6.43. The summed E-state index contributed by atoms with van der Waals surface area (Å²) in [5.41, 5.74) is 3.25. The van der Waals surface area contributed by atoms with Crippen LogP contribution in [0.3, 0.4) is 0 Å². The van der Waals surface area contributed by atoms with Crippen molar-refractivity contribution in [3.05, 3.63) is 66.5 Å². The summed E-state index contributed by atoms with van der Waals surface area (Å²) in [7, 11) is 0. The molecule has 2 aromatic carbocycles. The Balaban J connectivity index is 1.17. The zero-order valence-electron chi connectivity index (χ0n) is 23.3. The molecule has 2 unspecified atom stereocenters. The molecule has 0 radical (unpaired) electrons. The van der Waals surface area contributed by atoms with Crippen molar-refractivity contribution in [2.45, 2.75) is 52.0 Å². The molecule has 6 rings (SSSR count). The van der Waals surface area contributed by atoms with Crippen LogP contribution in [0.5, 0.6) is 11.5 Å². The van der Waals surface area contributed by atoms with Crippen LogP contribution in [-0.4, -0.2) is 53.8 Å². The molecule has 39 heavy (non-hydrogen) atoms. The molecular formula is C33H42N4O2. The van der Waals surface area contributed by atoms with Crippen LogP contribution in [0.25, 0.3) is 22.4 Å². The first kappa shape index (κ1) is 26.1. The molecule has 2 fully saturated rings. The first-order valence-electron chi connectivity index (χ1n) is 15.0. The minimum Gasteiger partial charge on any atom is -0.492 e. The van der Waals surface area contributed by atoms with Crippen LogP contribution in [0.15, 0.2) is 66.5 Å². The van der Waals surface area contributed by atoms with Gasteiger partial charge in [0.15, 0.2) is 0 Å². The second-order valence-electron chi connectivity index (χ2n) is 11.2. The Morgan fingerprint density at radius 1 is 0.949 bits per heavy atom. The summed E-state index contributed by atoms with van der Waals surface area (Å²) >= 11 is 0. The van der Waals surface area contributed by atoms with E-state index in [0.717, 1.165) is 91.8 Å². The number of aromatic nitrogens is 2. The van der Waals surface area contributed by atoms with Crippen molar-refractivity contribution < 1.29 is 9.47 Å². The zero-order valence-corrected chi connectivity index (χ0v) is 23.3. The van der Waals surface area contributed by atoms with Gasteiger partial charge in [-0.2, -0.15) is 0 Å². The normalized spacial score (nSPS) is 21.5. The highest BCUT2D eigenvalue weighted by Gasteiger charge is 2.24. The molecule has 6 nitrogen and oxygen atoms in total. The predicted molar refractivity (Wildman–Crippen MR) is 158 cm³/mol. The molecule has 3 aliphatic rings. The fourth-order valence-corrected chi connectivity index (χ4v) is 6.18. The standard InChI is InChI=1S/C33H42N4O2/c1-2-3-18-37-32-24-29(38-22-21-36-19-16-34-17-20-36)14-15-31(32)35-33(37)26-9-11-28(12-10-26)39-30-13-8-25-6-4-5-7-27(25)23-30/h8-15,23-25,27,34H,2-7,16-22H2,1H3. The summed E-state index contributed by atoms with van der Waals surface area (Å²) in [6.45, 7) is 9.15. The Kier molecular flexibility index (Phi) is 8.31. The van der Waals surface area contributed by atoms with Crippen LogP contribution >= 0.6 is 0 Å². The van der Waals surface area contributed by atoms with Crippen molar-refractivity contribution in [2.24, 2.45) is 11.8 Å². The average Bonchev–Trinajstić information content (AvgIpc) is 3.34. The molecule has 206 valence electrons. The lowest BCUT2D eigenvalue weighted by atomic mass is 9.77. The average molecular weight is 527 g/mol. The van der Waals surface area contributed by atoms with Gasteiger partial charge in [-0.3, -0.25) is 4.90 Å². The number of imidazole rings is 1. The minimum absolute atomic E-state index is 0.632. The number of unbranched alkanes of at least 4 members (excludes halogenated alkanes) is 1. The quantitative estimate of drug-likeness (QED) is 0.330. The molecule has 2 aliphatic carbocycles. The SMILES string of the molecule is CCCCn1c(-c2ccc(OC3=CC4CCCCC4C=C3)cc2)nc2ccc(OCCN3CCNCC3)cc21. The third-order valence-corrected chi connectivity index (χ3v) is 8.45. The molecule has 3 aromatic rings. The van der Waals surface area contributed by atoms with Gasteiger partial charge in [0.2, 0.25) is 0 Å². The highest BCUT2D eigenvalue weighted by atomic mass is 16.5. The van der Waals surface area contributed by atoms with E-state index in [4.69, 9.17) is 14.5 Å². The van der Waals surface area contributed by atoms with E-state index in [9.17, 15) is 0 Å². The number of benzene rings is 2. The number of hydrogen-bond acceptors (Lipinski definition) is 5. The van der Waals surface area contributed by atoms with Gasteiger partial charge in [-0.1, -0.05) is 32.3 Å². The molecule has 2 heterocycles. The number of nitrogens with one attached hydrogen (secondary N) is 1. The smallest absolute Gasteiger partial charge is 0.141 e. The summed E-state index contributed by atoms with van der Waals surface area (Å²) in [6, 6.07) is 14.7. The third kappa shape index (κ3) is 6.23. The molecular weight excluding hydrogens is 484 g/mol. The summed E-state index contributed by atoms with van der Waals surface area (Å²) in [5.74, 6) is 5.10. The Hall–Kier alpha value is -3.09. The first-order valence-corrected chi connectivity index (χ1v) is 15.0. The highest BCUT2D eigenvalue weighted by Crippen LogP contribution is 2.36. The monoisotopic (exact) mass is 526 g/mol. The second kappa shape index (κ2) is 12.4. The summed E-state index contributed by atoms with van der Waals surface area (Å²) < 4.78 is 14.8. The Morgan fingerprint density at radius 2 is 1.74 bits per heavy atom. The Morgan fingerprint density at radius 3 is 2.56 bits per heavy atom. The lowest BCUT2D eigenvalue weighted by Crippen LogP contribution is -2.44. The van der Waals surface area contributed by atoms with Crippen LogP contribution < -0.4 is 14.8 Å². The van der Waals surface area contributed by atoms with Gasteiger partial charge < -0.3 is 19.4 Å². The van der Waals surface area contributed by atoms with E-state index < -0.39 is 0 Å². The number of aryl methyl sites for hydroxylation is 1. The van der Waals surface area contributed by atoms with E-state index >= 15 is 0 Å². The van der Waals surface area contributed by atoms with E-state index in [1.54, 1.807) is 0 Å². The fourth-order valence-electron chi connectivity index (χ4n) is 6.18. The van der Waals surface area contributed by atoms with Crippen molar-refractivity contribution in [1.29, 1.82) is 0 Å². The number of piperazine rings is 1. The summed E-state index contributed by atoms with van der Waals surface area (Å²) in [5, 5.41) is 3.41. The van der Waals surface area contributed by atoms with Crippen LogP contribution in [0.4, 0.5) is 0 Å². The van der Waals surface area contributed by atoms with E-state index in [1.165, 1.54) is 25.7 Å². The lowest BCUT2D eigenvalue weighted by molar-refractivity contribution is 0.191. The third-order valence-electron chi connectivity index (χ3n) is 8.45. The van der Waals surface area contributed by atoms with Crippen LogP contribution in [-0.2, 0) is 6.54 Å². The van der Waals surface area contributed by atoms with Crippen LogP contribution in [0, 0.1) is 11.8 Å². The van der Waals surface area contributed by atoms with E-state index in [-0.39, 0.29) is 0 Å². The number of ether oxygens (including phenoxy) is 2. The molecule has 0 spiro atoms. The fraction of sp³-hybridized carbons (Fsp3) is 0.485. The largest absolute Gasteiger partial charge is 0.492 e. The maximum atomic E-state index is 6.27. The van der Waals surface area contributed by atoms with Crippen molar-refractivity contribution in [3.63, 3.8) is 0 Å². The topological polar surface area (TPSA) is 51.6 Å². The number of fused-ring (bicyclic) bond motifs is 2. The van der Waals surface area contributed by atoms with Crippen LogP contribution in [0.2, 0.25) is 0 Å². The Bertz CT molecular complexity index is 1300. The van der Waals surface area contributed by atoms with Crippen molar-refractivity contribution in [3.8, 4) is 22.9 Å². The maximum Gasteiger partial charge on any atom is 0.141 e. The first-order chi connectivity index (χ1) is 19.3. The van der Waals surface area contributed by atoms with Gasteiger partial charge in [0.05, 0.1) is 11.0 Å². The summed E-state index contributed by atoms with van der Waals surface area (Å²) in [6.07, 6.45) is 14.4. The van der Waals surface area contributed by atoms with Crippen molar-refractivity contribution in [1.82, 2.24) is 19.8 Å². The molecule has 0 amide bonds. The molecule has 1 aromatic heterocycles. The second-order valence-corrected chi connectivity index (χ2v) is 11.2. The molecule has 1 aliphatic heterocycles. The van der Waals surface area contributed by atoms with Gasteiger partial charge in [0, 0.05) is 50.9 Å². The highest BCUT2D eigenvalue weighted by molar-refractivity contribution is 5.82. The molecule has 1 saturated carbocycles. The number of hydrogen-bond donors (Lipinski definition) is 1. The van der Waals surface area contributed by atoms with E-state index in [0.29, 0.717) is 18.4 Å². The zero-order chi connectivity index (χ0) is 26.4. The van der Waals surface area contributed by atoms with Gasteiger partial charge in [0.1, 0.15) is 29.7 Å². The van der Waals surface area contributed by atoms with Crippen molar-refractivity contribution in [2.75, 3.05) is 39.3 Å². The maximum absolute atomic E-state index is 6.27. The van der Waals surface area contributed by atoms with Gasteiger partial charge >= 0.3 is 0 Å². The lowest BCUT2D eigenvalue weighted by Gasteiger charge is -2.30. The van der Waals surface area contributed by atoms with Gasteiger partial charge in [-0.15, -0.1) is 0 Å². The number of rotatable bonds is 10. The molecule has 2 atom stereocenters. The molecule has 0 bridgehead atoms. The minimum atomic E-state index is 0.632. The Labute approximate surface area is 232 Å². The number of allylic oxidation sites excluding steroid dienone is 3. The van der Waals surface area contributed by atoms with Gasteiger partial charge in [-0.05, 0) is 79.6 Å². The van der Waals surface area contributed by atoms with Gasteiger partial charge in [-0.25, -0.2) is 4.98 Å². The van der Waals surface area contributed by atoms with E-state index in [2.05, 4.69) is 82.4 Å². The number of nitrogens with zero attached hydrogens (tertiary/aromatic N) is 3. The van der Waals surface area contributed by atoms with Crippen molar-refractivity contribution >= 4 is 11.0 Å². The van der Waals surface area contributed by atoms with Gasteiger partial charge in [0.25, 0.3) is 0 Å². The molecule has 1 N–H and O–H groups in total.